The molecule has 0 saturated heterocycles. The average molecular weight is 560 g/mol. The van der Waals surface area contributed by atoms with E-state index in [1.807, 2.05) is 13.8 Å². The molecule has 3 amide bonds. The Hall–Kier alpha value is -3.97. The number of phenols is 1. The number of aromatic amines is 1. The molecule has 40 heavy (non-hydrogen) atoms. The Morgan fingerprint density at radius 2 is 1.55 bits per heavy atom. The van der Waals surface area contributed by atoms with E-state index in [-0.39, 0.29) is 30.9 Å². The van der Waals surface area contributed by atoms with E-state index in [1.165, 1.54) is 24.7 Å². The summed E-state index contributed by atoms with van der Waals surface area (Å²) in [5.74, 6) is -2.86. The molecular formula is C27H41N7O6. The van der Waals surface area contributed by atoms with Crippen molar-refractivity contribution in [3.05, 3.63) is 48.0 Å². The van der Waals surface area contributed by atoms with Gasteiger partial charge >= 0.3 is 5.97 Å². The molecule has 0 aliphatic rings. The number of aliphatic carboxylic acids is 1. The van der Waals surface area contributed by atoms with Crippen molar-refractivity contribution in [2.45, 2.75) is 76.5 Å². The highest BCUT2D eigenvalue weighted by atomic mass is 16.4. The lowest BCUT2D eigenvalue weighted by Gasteiger charge is -2.25. The number of carboxylic acids is 1. The van der Waals surface area contributed by atoms with Gasteiger partial charge in [0.25, 0.3) is 0 Å². The molecule has 1 aromatic carbocycles. The highest BCUT2D eigenvalue weighted by Crippen LogP contribution is 2.12. The zero-order valence-electron chi connectivity index (χ0n) is 22.9. The Bertz CT molecular complexity index is 1090. The summed E-state index contributed by atoms with van der Waals surface area (Å²) in [6.45, 7) is 4.28. The number of carboxylic acid groups (broad SMARTS) is 1. The Balaban J connectivity index is 2.20. The molecule has 0 aliphatic carbocycles. The van der Waals surface area contributed by atoms with Crippen LogP contribution in [0.2, 0.25) is 0 Å². The van der Waals surface area contributed by atoms with Gasteiger partial charge in [-0.2, -0.15) is 0 Å². The lowest BCUT2D eigenvalue weighted by atomic mass is 10.0. The van der Waals surface area contributed by atoms with E-state index < -0.39 is 47.9 Å². The lowest BCUT2D eigenvalue weighted by molar-refractivity contribution is -0.142. The number of aromatic nitrogens is 2. The zero-order chi connectivity index (χ0) is 29.7. The van der Waals surface area contributed by atoms with Gasteiger partial charge in [0.05, 0.1) is 12.4 Å². The van der Waals surface area contributed by atoms with Gasteiger partial charge in [0.2, 0.25) is 17.7 Å². The molecule has 10 N–H and O–H groups in total. The number of carbonyl (C=O) groups excluding carboxylic acids is 3. The predicted molar refractivity (Wildman–Crippen MR) is 148 cm³/mol. The molecule has 13 nitrogen and oxygen atoms in total. The number of aromatic hydroxyl groups is 1. The number of nitrogens with zero attached hydrogens (tertiary/aromatic N) is 1. The number of benzene rings is 1. The Labute approximate surface area is 233 Å². The Morgan fingerprint density at radius 1 is 0.925 bits per heavy atom. The average Bonchev–Trinajstić information content (AvgIpc) is 3.41. The van der Waals surface area contributed by atoms with Crippen LogP contribution in [0.5, 0.6) is 5.75 Å². The molecule has 4 atom stereocenters. The van der Waals surface area contributed by atoms with Crippen LogP contribution in [0.25, 0.3) is 0 Å². The normalized spacial score (nSPS) is 14.1. The van der Waals surface area contributed by atoms with Crippen LogP contribution in [0, 0.1) is 5.92 Å². The van der Waals surface area contributed by atoms with Gasteiger partial charge in [-0.15, -0.1) is 0 Å². The molecule has 1 heterocycles. The van der Waals surface area contributed by atoms with Crippen molar-refractivity contribution >= 4 is 23.7 Å². The first-order valence-corrected chi connectivity index (χ1v) is 13.3. The van der Waals surface area contributed by atoms with Crippen molar-refractivity contribution in [2.24, 2.45) is 17.4 Å². The number of H-pyrrole nitrogens is 1. The maximum Gasteiger partial charge on any atom is 0.326 e. The summed E-state index contributed by atoms with van der Waals surface area (Å²) in [5.41, 5.74) is 12.7. The number of nitrogens with two attached hydrogens (primary N) is 2. The molecule has 0 radical (unpaired) electrons. The van der Waals surface area contributed by atoms with Crippen LogP contribution in [0.15, 0.2) is 36.8 Å². The van der Waals surface area contributed by atoms with Gasteiger partial charge in [-0.25, -0.2) is 9.78 Å². The summed E-state index contributed by atoms with van der Waals surface area (Å²) in [5, 5.41) is 27.1. The molecule has 4 unspecified atom stereocenters. The van der Waals surface area contributed by atoms with Crippen molar-refractivity contribution in [1.29, 1.82) is 0 Å². The van der Waals surface area contributed by atoms with Crippen LogP contribution in [0.3, 0.4) is 0 Å². The topological polar surface area (TPSA) is 226 Å². The predicted octanol–water partition coefficient (Wildman–Crippen LogP) is -0.0581. The Kier molecular flexibility index (Phi) is 13.1. The quantitative estimate of drug-likeness (QED) is 0.121. The van der Waals surface area contributed by atoms with Crippen LogP contribution in [-0.2, 0) is 32.0 Å². The number of hydrogen-bond donors (Lipinski definition) is 8. The molecule has 0 fully saturated rings. The third-order valence-corrected chi connectivity index (χ3v) is 6.24. The van der Waals surface area contributed by atoms with Gasteiger partial charge in [-0.1, -0.05) is 26.0 Å². The summed E-state index contributed by atoms with van der Waals surface area (Å²) in [6, 6.07) is 1.71. The van der Waals surface area contributed by atoms with Crippen molar-refractivity contribution in [3.8, 4) is 5.75 Å². The van der Waals surface area contributed by atoms with Crippen molar-refractivity contribution in [2.75, 3.05) is 6.54 Å². The number of nitrogens with one attached hydrogen (secondary N) is 4. The molecule has 1 aromatic heterocycles. The lowest BCUT2D eigenvalue weighted by Crippen LogP contribution is -2.58. The third-order valence-electron chi connectivity index (χ3n) is 6.24. The fourth-order valence-corrected chi connectivity index (χ4v) is 4.09. The van der Waals surface area contributed by atoms with E-state index in [2.05, 4.69) is 25.9 Å². The van der Waals surface area contributed by atoms with Gasteiger partial charge in [0.15, 0.2) is 0 Å². The minimum atomic E-state index is -1.30. The number of amides is 3. The van der Waals surface area contributed by atoms with Crippen LogP contribution >= 0.6 is 0 Å². The Morgan fingerprint density at radius 3 is 2.12 bits per heavy atom. The maximum absolute atomic E-state index is 13.4. The maximum atomic E-state index is 13.4. The molecular weight excluding hydrogens is 518 g/mol. The van der Waals surface area contributed by atoms with E-state index in [9.17, 15) is 29.4 Å². The van der Waals surface area contributed by atoms with Crippen LogP contribution in [0.4, 0.5) is 0 Å². The fraction of sp³-hybridized carbons (Fsp3) is 0.519. The second-order valence-corrected chi connectivity index (χ2v) is 10.2. The van der Waals surface area contributed by atoms with Crippen molar-refractivity contribution in [3.63, 3.8) is 0 Å². The summed E-state index contributed by atoms with van der Waals surface area (Å²) in [7, 11) is 0. The highest BCUT2D eigenvalue weighted by Gasteiger charge is 2.31. The van der Waals surface area contributed by atoms with Gasteiger partial charge in [-0.3, -0.25) is 14.4 Å². The number of phenolic OH excluding ortho intramolecular Hbond substituents is 1. The van der Waals surface area contributed by atoms with Gasteiger partial charge < -0.3 is 42.6 Å². The van der Waals surface area contributed by atoms with Crippen LogP contribution < -0.4 is 27.4 Å². The number of carbonyl (C=O) groups is 4. The minimum absolute atomic E-state index is 0.000544. The van der Waals surface area contributed by atoms with E-state index in [0.29, 0.717) is 37.1 Å². The first-order valence-electron chi connectivity index (χ1n) is 13.3. The first-order chi connectivity index (χ1) is 19.0. The molecule has 220 valence electrons. The van der Waals surface area contributed by atoms with Crippen molar-refractivity contribution in [1.82, 2.24) is 25.9 Å². The first kappa shape index (κ1) is 32.2. The number of unbranched alkanes of at least 4 members (excludes halogenated alkanes) is 1. The summed E-state index contributed by atoms with van der Waals surface area (Å²) in [4.78, 5) is 58.1. The second kappa shape index (κ2) is 16.2. The van der Waals surface area contributed by atoms with E-state index >= 15 is 0 Å². The molecule has 0 saturated carbocycles. The monoisotopic (exact) mass is 559 g/mol. The van der Waals surface area contributed by atoms with Crippen LogP contribution in [-0.4, -0.2) is 74.6 Å². The van der Waals surface area contributed by atoms with Gasteiger partial charge in [0, 0.05) is 24.7 Å². The van der Waals surface area contributed by atoms with E-state index in [4.69, 9.17) is 11.5 Å². The van der Waals surface area contributed by atoms with Gasteiger partial charge in [0.1, 0.15) is 23.9 Å². The second-order valence-electron chi connectivity index (χ2n) is 10.2. The molecule has 0 spiro atoms. The SMILES string of the molecule is CC(C)CC(N)C(=O)NC(CCCCN)C(=O)NC(Cc1cnc[nH]1)C(=O)NC(Cc1ccc(O)cc1)C(=O)O. The standard InChI is InChI=1S/C27H41N7O6/c1-16(2)11-20(29)24(36)32-21(5-3-4-10-28)25(37)33-22(13-18-14-30-15-31-18)26(38)34-23(27(39)40)12-17-6-8-19(35)9-7-17/h6-9,14-16,20-23,35H,3-5,10-13,28-29H2,1-2H3,(H,30,31)(H,32,36)(H,33,37)(H,34,38)(H,39,40). The summed E-state index contributed by atoms with van der Waals surface area (Å²) >= 11 is 0. The number of imidazole rings is 1. The zero-order valence-corrected chi connectivity index (χ0v) is 22.9. The molecule has 0 bridgehead atoms. The largest absolute Gasteiger partial charge is 0.508 e. The molecule has 2 aromatic rings. The minimum Gasteiger partial charge on any atom is -0.508 e. The molecule has 13 heteroatoms. The molecule has 0 aliphatic heterocycles. The number of hydrogen-bond acceptors (Lipinski definition) is 8. The van der Waals surface area contributed by atoms with E-state index in [1.54, 1.807) is 12.1 Å². The van der Waals surface area contributed by atoms with Crippen LogP contribution in [0.1, 0.15) is 50.8 Å². The number of rotatable bonds is 17. The summed E-state index contributed by atoms with van der Waals surface area (Å²) in [6.07, 6.45) is 4.77. The van der Waals surface area contributed by atoms with Gasteiger partial charge in [-0.05, 0) is 55.8 Å². The van der Waals surface area contributed by atoms with Crippen molar-refractivity contribution < 1.29 is 29.4 Å². The fourth-order valence-electron chi connectivity index (χ4n) is 4.09. The summed E-state index contributed by atoms with van der Waals surface area (Å²) < 4.78 is 0. The van der Waals surface area contributed by atoms with E-state index in [0.717, 1.165) is 0 Å². The molecule has 2 rings (SSSR count). The third kappa shape index (κ3) is 11.0. The highest BCUT2D eigenvalue weighted by molar-refractivity contribution is 5.94. The smallest absolute Gasteiger partial charge is 0.326 e.